The number of nitrogens with one attached hydrogen (secondary N) is 1. The van der Waals surface area contributed by atoms with Gasteiger partial charge in [-0.3, -0.25) is 4.79 Å². The highest BCUT2D eigenvalue weighted by atomic mass is 16.4. The molecule has 21 heavy (non-hydrogen) atoms. The number of amides is 1. The second kappa shape index (κ2) is 5.33. The summed E-state index contributed by atoms with van der Waals surface area (Å²) in [5.74, 6) is 0.283. The second-order valence-electron chi connectivity index (χ2n) is 3.90. The Balaban J connectivity index is 1.82. The van der Waals surface area contributed by atoms with Crippen molar-refractivity contribution in [1.82, 2.24) is 24.7 Å². The topological polar surface area (TPSA) is 116 Å². The van der Waals surface area contributed by atoms with Gasteiger partial charge in [0.05, 0.1) is 5.56 Å². The molecule has 0 fully saturated rings. The molecule has 9 heteroatoms. The Morgan fingerprint density at radius 1 is 1.24 bits per heavy atom. The third-order valence-electron chi connectivity index (χ3n) is 2.51. The molecule has 0 saturated carbocycles. The molecular formula is C12H8N6O3. The van der Waals surface area contributed by atoms with Gasteiger partial charge in [0.2, 0.25) is 0 Å². The monoisotopic (exact) mass is 284 g/mol. The lowest BCUT2D eigenvalue weighted by molar-refractivity contribution is 0.102. The lowest BCUT2D eigenvalue weighted by Crippen LogP contribution is -2.14. The summed E-state index contributed by atoms with van der Waals surface area (Å²) in [6.45, 7) is 0. The van der Waals surface area contributed by atoms with Crippen LogP contribution in [0.5, 0.6) is 0 Å². The summed E-state index contributed by atoms with van der Waals surface area (Å²) in [5, 5.41) is 6.49. The Bertz CT molecular complexity index is 807. The third kappa shape index (κ3) is 2.81. The van der Waals surface area contributed by atoms with Gasteiger partial charge < -0.3 is 9.73 Å². The SMILES string of the molecule is O=C(Nc1cc(-n2cncn2)ncn1)c1ccc(=O)oc1. The fourth-order valence-electron chi connectivity index (χ4n) is 1.54. The number of aromatic nitrogens is 5. The predicted octanol–water partition coefficient (Wildman–Crippen LogP) is 0.263. The van der Waals surface area contributed by atoms with E-state index in [1.165, 1.54) is 35.8 Å². The van der Waals surface area contributed by atoms with Crippen LogP contribution in [0.4, 0.5) is 5.82 Å². The van der Waals surface area contributed by atoms with Crippen LogP contribution >= 0.6 is 0 Å². The molecule has 9 nitrogen and oxygen atoms in total. The van der Waals surface area contributed by atoms with Gasteiger partial charge in [0.1, 0.15) is 31.1 Å². The molecule has 0 radical (unpaired) electrons. The zero-order valence-electron chi connectivity index (χ0n) is 10.5. The van der Waals surface area contributed by atoms with Crippen molar-refractivity contribution in [2.24, 2.45) is 0 Å². The van der Waals surface area contributed by atoms with E-state index in [0.29, 0.717) is 5.82 Å². The maximum Gasteiger partial charge on any atom is 0.335 e. The van der Waals surface area contributed by atoms with Gasteiger partial charge in [-0.05, 0) is 6.07 Å². The summed E-state index contributed by atoms with van der Waals surface area (Å²) >= 11 is 0. The van der Waals surface area contributed by atoms with E-state index in [4.69, 9.17) is 0 Å². The second-order valence-corrected chi connectivity index (χ2v) is 3.90. The minimum Gasteiger partial charge on any atom is -0.430 e. The fourth-order valence-corrected chi connectivity index (χ4v) is 1.54. The van der Waals surface area contributed by atoms with Gasteiger partial charge in [0.15, 0.2) is 5.82 Å². The number of carbonyl (C=O) groups excluding carboxylic acids is 1. The van der Waals surface area contributed by atoms with Crippen molar-refractivity contribution in [3.63, 3.8) is 0 Å². The zero-order valence-corrected chi connectivity index (χ0v) is 10.5. The summed E-state index contributed by atoms with van der Waals surface area (Å²) in [4.78, 5) is 34.6. The molecule has 0 unspecified atom stereocenters. The van der Waals surface area contributed by atoms with Crippen LogP contribution < -0.4 is 10.9 Å². The first-order chi connectivity index (χ1) is 10.2. The van der Waals surface area contributed by atoms with E-state index in [1.54, 1.807) is 0 Å². The highest BCUT2D eigenvalue weighted by Crippen LogP contribution is 2.09. The number of nitrogens with zero attached hydrogens (tertiary/aromatic N) is 5. The minimum atomic E-state index is -0.526. The van der Waals surface area contributed by atoms with E-state index in [1.807, 2.05) is 0 Å². The van der Waals surface area contributed by atoms with Crippen LogP contribution in [0.25, 0.3) is 5.82 Å². The molecule has 0 aliphatic carbocycles. The van der Waals surface area contributed by atoms with E-state index < -0.39 is 11.5 Å². The van der Waals surface area contributed by atoms with Crippen molar-refractivity contribution < 1.29 is 9.21 Å². The molecule has 3 aromatic rings. The van der Waals surface area contributed by atoms with Gasteiger partial charge in [-0.1, -0.05) is 0 Å². The van der Waals surface area contributed by atoms with Gasteiger partial charge in [-0.25, -0.2) is 24.4 Å². The molecule has 3 heterocycles. The van der Waals surface area contributed by atoms with Crippen LogP contribution in [0.2, 0.25) is 0 Å². The van der Waals surface area contributed by atoms with Crippen molar-refractivity contribution in [3.8, 4) is 5.82 Å². The number of hydrogen-bond acceptors (Lipinski definition) is 7. The Morgan fingerprint density at radius 2 is 2.14 bits per heavy atom. The van der Waals surface area contributed by atoms with Crippen LogP contribution in [0.3, 0.4) is 0 Å². The smallest absolute Gasteiger partial charge is 0.335 e. The molecule has 1 N–H and O–H groups in total. The van der Waals surface area contributed by atoms with Crippen molar-refractivity contribution in [1.29, 1.82) is 0 Å². The quantitative estimate of drug-likeness (QED) is 0.733. The number of rotatable bonds is 3. The standard InChI is InChI=1S/C12H8N6O3/c19-11-2-1-8(4-21-11)12(20)17-9-3-10(15-6-14-9)18-7-13-5-16-18/h1-7H,(H,14,15,17,20). The summed E-state index contributed by atoms with van der Waals surface area (Å²) in [6.07, 6.45) is 5.21. The first-order valence-corrected chi connectivity index (χ1v) is 5.79. The highest BCUT2D eigenvalue weighted by molar-refractivity contribution is 6.03. The molecule has 0 aromatic carbocycles. The normalized spacial score (nSPS) is 10.3. The number of anilines is 1. The highest BCUT2D eigenvalue weighted by Gasteiger charge is 2.09. The summed E-state index contributed by atoms with van der Waals surface area (Å²) in [7, 11) is 0. The molecule has 3 aromatic heterocycles. The van der Waals surface area contributed by atoms with Gasteiger partial charge in [-0.15, -0.1) is 0 Å². The van der Waals surface area contributed by atoms with Crippen LogP contribution in [-0.4, -0.2) is 30.6 Å². The molecule has 0 aliphatic rings. The molecule has 104 valence electrons. The predicted molar refractivity (Wildman–Crippen MR) is 69.9 cm³/mol. The van der Waals surface area contributed by atoms with Gasteiger partial charge in [0, 0.05) is 12.1 Å². The van der Waals surface area contributed by atoms with Gasteiger partial charge in [-0.2, -0.15) is 5.10 Å². The Hall–Kier alpha value is -3.36. The lowest BCUT2D eigenvalue weighted by atomic mass is 10.3. The van der Waals surface area contributed by atoms with Crippen molar-refractivity contribution in [3.05, 3.63) is 59.4 Å². The maximum atomic E-state index is 12.0. The van der Waals surface area contributed by atoms with Crippen molar-refractivity contribution in [2.45, 2.75) is 0 Å². The molecule has 0 aliphatic heterocycles. The fraction of sp³-hybridized carbons (Fsp3) is 0. The Morgan fingerprint density at radius 3 is 2.86 bits per heavy atom. The minimum absolute atomic E-state index is 0.204. The van der Waals surface area contributed by atoms with E-state index in [9.17, 15) is 9.59 Å². The Kier molecular flexibility index (Phi) is 3.21. The van der Waals surface area contributed by atoms with Crippen LogP contribution in [0.15, 0.2) is 52.7 Å². The van der Waals surface area contributed by atoms with Crippen molar-refractivity contribution in [2.75, 3.05) is 5.32 Å². The van der Waals surface area contributed by atoms with Gasteiger partial charge >= 0.3 is 5.63 Å². The lowest BCUT2D eigenvalue weighted by Gasteiger charge is -2.05. The maximum absolute atomic E-state index is 12.0. The molecule has 0 atom stereocenters. The third-order valence-corrected chi connectivity index (χ3v) is 2.51. The van der Waals surface area contributed by atoms with E-state index >= 15 is 0 Å². The first kappa shape index (κ1) is 12.7. The first-order valence-electron chi connectivity index (χ1n) is 5.79. The molecule has 0 saturated heterocycles. The number of carbonyl (C=O) groups is 1. The van der Waals surface area contributed by atoms with E-state index in [0.717, 1.165) is 12.3 Å². The largest absolute Gasteiger partial charge is 0.430 e. The molecule has 0 spiro atoms. The van der Waals surface area contributed by atoms with Crippen molar-refractivity contribution >= 4 is 11.7 Å². The average Bonchev–Trinajstić information content (AvgIpc) is 3.02. The number of hydrogen-bond donors (Lipinski definition) is 1. The zero-order chi connectivity index (χ0) is 14.7. The van der Waals surface area contributed by atoms with Crippen LogP contribution in [0, 0.1) is 0 Å². The van der Waals surface area contributed by atoms with Crippen LogP contribution in [-0.2, 0) is 0 Å². The summed E-state index contributed by atoms with van der Waals surface area (Å²) < 4.78 is 6.06. The molecular weight excluding hydrogens is 276 g/mol. The van der Waals surface area contributed by atoms with Crippen LogP contribution in [0.1, 0.15) is 10.4 Å². The van der Waals surface area contributed by atoms with E-state index in [2.05, 4.69) is 29.8 Å². The molecule has 3 rings (SSSR count). The summed E-state index contributed by atoms with van der Waals surface area (Å²) in [5.41, 5.74) is -0.322. The molecule has 1 amide bonds. The Labute approximate surface area is 117 Å². The summed E-state index contributed by atoms with van der Waals surface area (Å²) in [6, 6.07) is 4.06. The molecule has 0 bridgehead atoms. The average molecular weight is 284 g/mol. The van der Waals surface area contributed by atoms with Gasteiger partial charge in [0.25, 0.3) is 5.91 Å². The van der Waals surface area contributed by atoms with E-state index in [-0.39, 0.29) is 11.4 Å².